The molecule has 0 aliphatic rings. The van der Waals surface area contributed by atoms with Gasteiger partial charge in [0.05, 0.1) is 25.9 Å². The van der Waals surface area contributed by atoms with Crippen LogP contribution in [0.5, 0.6) is 5.75 Å². The predicted octanol–water partition coefficient (Wildman–Crippen LogP) is 2.50. The molecule has 2 aromatic carbocycles. The van der Waals surface area contributed by atoms with E-state index in [-0.39, 0.29) is 22.6 Å². The Morgan fingerprint density at radius 2 is 1.67 bits per heavy atom. The van der Waals surface area contributed by atoms with Gasteiger partial charge in [0, 0.05) is 17.8 Å². The summed E-state index contributed by atoms with van der Waals surface area (Å²) in [5, 5.41) is 2.52. The van der Waals surface area contributed by atoms with Crippen LogP contribution in [0.1, 0.15) is 11.1 Å². The Morgan fingerprint density at radius 1 is 0.944 bits per heavy atom. The highest BCUT2D eigenvalue weighted by molar-refractivity contribution is 5.56. The summed E-state index contributed by atoms with van der Waals surface area (Å²) in [5.74, 6) is -5.76. The molecule has 0 aliphatic heterocycles. The second-order valence-corrected chi connectivity index (χ2v) is 7.54. The van der Waals surface area contributed by atoms with Crippen molar-refractivity contribution in [2.75, 3.05) is 12.4 Å². The number of methoxy groups -OCH3 is 1. The van der Waals surface area contributed by atoms with E-state index >= 15 is 0 Å². The average molecular weight is 503 g/mol. The van der Waals surface area contributed by atoms with E-state index < -0.39 is 59.2 Å². The summed E-state index contributed by atoms with van der Waals surface area (Å²) >= 11 is 0. The topological polar surface area (TPSA) is 111 Å². The summed E-state index contributed by atoms with van der Waals surface area (Å²) in [7, 11) is 1.33. The Bertz CT molecular complexity index is 1610. The van der Waals surface area contributed by atoms with E-state index in [9.17, 15) is 31.9 Å². The molecule has 9 nitrogen and oxygen atoms in total. The molecule has 0 amide bonds. The van der Waals surface area contributed by atoms with Crippen LogP contribution in [0.4, 0.5) is 29.2 Å². The molecule has 0 radical (unpaired) electrons. The fraction of sp³-hybridized carbons (Fsp3) is 0.130. The fourth-order valence-electron chi connectivity index (χ4n) is 3.38. The first kappa shape index (κ1) is 24.4. The van der Waals surface area contributed by atoms with Gasteiger partial charge >= 0.3 is 11.4 Å². The molecule has 186 valence electrons. The molecule has 4 rings (SSSR count). The summed E-state index contributed by atoms with van der Waals surface area (Å²) in [6.45, 7) is -1.05. The van der Waals surface area contributed by atoms with E-state index in [0.717, 1.165) is 10.6 Å². The third-order valence-electron chi connectivity index (χ3n) is 5.19. The van der Waals surface area contributed by atoms with Crippen molar-refractivity contribution in [1.82, 2.24) is 19.1 Å². The number of hydrogen-bond acceptors (Lipinski definition) is 6. The second kappa shape index (κ2) is 9.90. The average Bonchev–Trinajstić information content (AvgIpc) is 2.84. The number of nitrogens with zero attached hydrogens (tertiary/aromatic N) is 3. The highest BCUT2D eigenvalue weighted by Gasteiger charge is 2.18. The standard InChI is InChI=1S/C23H17F4N5O4/c1-36-14-4-5-18(15(24)9-14)29-21-30-22(34)32(11-13-3-2-6-28-20(13)33)23(35)31(21)10-12-7-16(25)19(27)17(26)8-12/h2-9H,10-11H2,1H3,(H,28,33)(H,29,30,34). The molecule has 2 heterocycles. The monoisotopic (exact) mass is 503 g/mol. The number of aromatic nitrogens is 4. The largest absolute Gasteiger partial charge is 0.497 e. The first-order valence-electron chi connectivity index (χ1n) is 10.3. The van der Waals surface area contributed by atoms with Gasteiger partial charge in [-0.05, 0) is 35.9 Å². The zero-order valence-electron chi connectivity index (χ0n) is 18.5. The quantitative estimate of drug-likeness (QED) is 0.296. The van der Waals surface area contributed by atoms with Gasteiger partial charge in [0.25, 0.3) is 5.56 Å². The summed E-state index contributed by atoms with van der Waals surface area (Å²) in [4.78, 5) is 44.2. The van der Waals surface area contributed by atoms with Crippen molar-refractivity contribution in [3.63, 3.8) is 0 Å². The molecular weight excluding hydrogens is 486 g/mol. The maximum atomic E-state index is 14.5. The van der Waals surface area contributed by atoms with Crippen LogP contribution < -0.4 is 27.0 Å². The van der Waals surface area contributed by atoms with E-state index in [1.54, 1.807) is 0 Å². The highest BCUT2D eigenvalue weighted by Crippen LogP contribution is 2.23. The van der Waals surface area contributed by atoms with E-state index in [4.69, 9.17) is 4.74 Å². The fourth-order valence-corrected chi connectivity index (χ4v) is 3.38. The van der Waals surface area contributed by atoms with Gasteiger partial charge in [-0.15, -0.1) is 0 Å². The van der Waals surface area contributed by atoms with Gasteiger partial charge in [0.15, 0.2) is 17.5 Å². The van der Waals surface area contributed by atoms with Crippen molar-refractivity contribution in [3.8, 4) is 5.75 Å². The van der Waals surface area contributed by atoms with E-state index in [1.165, 1.54) is 37.6 Å². The molecule has 0 unspecified atom stereocenters. The van der Waals surface area contributed by atoms with Gasteiger partial charge in [-0.2, -0.15) is 4.98 Å². The molecule has 2 aromatic heterocycles. The number of halogens is 4. The number of rotatable bonds is 7. The van der Waals surface area contributed by atoms with Crippen LogP contribution in [-0.4, -0.2) is 26.2 Å². The number of aromatic amines is 1. The lowest BCUT2D eigenvalue weighted by Gasteiger charge is -2.16. The minimum absolute atomic E-state index is 0.0610. The maximum Gasteiger partial charge on any atom is 0.355 e. The Kier molecular flexibility index (Phi) is 6.72. The van der Waals surface area contributed by atoms with Gasteiger partial charge in [0.2, 0.25) is 5.95 Å². The number of nitrogens with one attached hydrogen (secondary N) is 2. The van der Waals surface area contributed by atoms with Gasteiger partial charge in [0.1, 0.15) is 11.6 Å². The molecule has 0 bridgehead atoms. The first-order valence-corrected chi connectivity index (χ1v) is 10.3. The predicted molar refractivity (Wildman–Crippen MR) is 121 cm³/mol. The molecule has 2 N–H and O–H groups in total. The third-order valence-corrected chi connectivity index (χ3v) is 5.19. The number of benzene rings is 2. The number of ether oxygens (including phenoxy) is 1. The van der Waals surface area contributed by atoms with E-state index in [2.05, 4.69) is 15.3 Å². The highest BCUT2D eigenvalue weighted by atomic mass is 19.2. The summed E-state index contributed by atoms with van der Waals surface area (Å²) in [5.41, 5.74) is -2.97. The van der Waals surface area contributed by atoms with Crippen LogP contribution in [0.2, 0.25) is 0 Å². The second-order valence-electron chi connectivity index (χ2n) is 7.54. The molecule has 0 atom stereocenters. The van der Waals surface area contributed by atoms with E-state index in [0.29, 0.717) is 16.7 Å². The van der Waals surface area contributed by atoms with Crippen molar-refractivity contribution in [2.45, 2.75) is 13.1 Å². The normalized spacial score (nSPS) is 10.9. The Hall–Kier alpha value is -4.68. The molecule has 0 spiro atoms. The molecule has 0 aliphatic carbocycles. The number of anilines is 2. The van der Waals surface area contributed by atoms with Gasteiger partial charge in [-0.3, -0.25) is 9.36 Å². The Morgan fingerprint density at radius 3 is 2.31 bits per heavy atom. The van der Waals surface area contributed by atoms with Crippen molar-refractivity contribution in [2.24, 2.45) is 0 Å². The molecule has 36 heavy (non-hydrogen) atoms. The van der Waals surface area contributed by atoms with E-state index in [1.807, 2.05) is 0 Å². The minimum atomic E-state index is -1.70. The van der Waals surface area contributed by atoms with Crippen LogP contribution in [0.3, 0.4) is 0 Å². The van der Waals surface area contributed by atoms with Crippen molar-refractivity contribution in [1.29, 1.82) is 0 Å². The molecule has 4 aromatic rings. The molecular formula is C23H17F4N5O4. The zero-order chi connectivity index (χ0) is 26.0. The Balaban J connectivity index is 1.85. The lowest BCUT2D eigenvalue weighted by molar-refractivity contribution is 0.411. The third kappa shape index (κ3) is 4.89. The summed E-state index contributed by atoms with van der Waals surface area (Å²) in [6, 6.07) is 7.91. The molecule has 0 saturated heterocycles. The molecule has 0 fully saturated rings. The van der Waals surface area contributed by atoms with Crippen molar-refractivity contribution >= 4 is 11.6 Å². The maximum absolute atomic E-state index is 14.5. The smallest absolute Gasteiger partial charge is 0.355 e. The van der Waals surface area contributed by atoms with Crippen LogP contribution in [0, 0.1) is 23.3 Å². The van der Waals surface area contributed by atoms with Crippen LogP contribution in [-0.2, 0) is 13.1 Å². The zero-order valence-corrected chi connectivity index (χ0v) is 18.5. The van der Waals surface area contributed by atoms with Gasteiger partial charge in [-0.1, -0.05) is 6.07 Å². The summed E-state index contributed by atoms with van der Waals surface area (Å²) in [6.07, 6.45) is 1.36. The van der Waals surface area contributed by atoms with Gasteiger partial charge in [-0.25, -0.2) is 31.7 Å². The van der Waals surface area contributed by atoms with Crippen LogP contribution in [0.15, 0.2) is 63.0 Å². The Labute approximate surface area is 199 Å². The SMILES string of the molecule is COc1ccc(Nc2nc(=O)n(Cc3ccc[nH]c3=O)c(=O)n2Cc2cc(F)c(F)c(F)c2)c(F)c1. The molecule has 0 saturated carbocycles. The number of hydrogen-bond donors (Lipinski definition) is 2. The van der Waals surface area contributed by atoms with Crippen molar-refractivity contribution in [3.05, 3.63) is 114 Å². The lowest BCUT2D eigenvalue weighted by atomic mass is 10.2. The van der Waals surface area contributed by atoms with Crippen molar-refractivity contribution < 1.29 is 22.3 Å². The van der Waals surface area contributed by atoms with Crippen LogP contribution in [0.25, 0.3) is 0 Å². The van der Waals surface area contributed by atoms with Gasteiger partial charge < -0.3 is 15.0 Å². The number of H-pyrrole nitrogens is 1. The number of pyridine rings is 1. The van der Waals surface area contributed by atoms with Crippen LogP contribution >= 0.6 is 0 Å². The summed E-state index contributed by atoms with van der Waals surface area (Å²) < 4.78 is 61.9. The molecule has 13 heteroatoms. The lowest BCUT2D eigenvalue weighted by Crippen LogP contribution is -2.43. The first-order chi connectivity index (χ1) is 17.2. The minimum Gasteiger partial charge on any atom is -0.497 e.